The highest BCUT2D eigenvalue weighted by Crippen LogP contribution is 2.21. The number of hydrogen-bond acceptors (Lipinski definition) is 6. The van der Waals surface area contributed by atoms with Gasteiger partial charge in [-0.15, -0.1) is 0 Å². The Balaban J connectivity index is 1.76. The summed E-state index contributed by atoms with van der Waals surface area (Å²) in [6, 6.07) is 16.5. The van der Waals surface area contributed by atoms with Crippen LogP contribution >= 0.6 is 12.2 Å². The Kier molecular flexibility index (Phi) is 4.31. The zero-order valence-corrected chi connectivity index (χ0v) is 14.9. The molecule has 1 aliphatic heterocycles. The van der Waals surface area contributed by atoms with Gasteiger partial charge in [-0.3, -0.25) is 10.2 Å². The topological polar surface area (TPSA) is 95.9 Å². The Morgan fingerprint density at radius 2 is 1.85 bits per heavy atom. The van der Waals surface area contributed by atoms with Crippen LogP contribution in [-0.2, 0) is 0 Å². The van der Waals surface area contributed by atoms with Crippen molar-refractivity contribution in [2.45, 2.75) is 0 Å². The zero-order valence-electron chi connectivity index (χ0n) is 14.0. The molecule has 2 heterocycles. The van der Waals surface area contributed by atoms with Gasteiger partial charge < -0.3 is 15.6 Å². The van der Waals surface area contributed by atoms with Crippen molar-refractivity contribution < 1.29 is 4.42 Å². The predicted molar refractivity (Wildman–Crippen MR) is 110 cm³/mol. The van der Waals surface area contributed by atoms with Crippen molar-refractivity contribution in [1.29, 1.82) is 0 Å². The molecule has 0 fully saturated rings. The summed E-state index contributed by atoms with van der Waals surface area (Å²) >= 11 is 5.33. The Morgan fingerprint density at radius 3 is 2.67 bits per heavy atom. The molecular formula is C19H15N5O2S. The lowest BCUT2D eigenvalue weighted by Crippen LogP contribution is -2.46. The molecule has 134 valence electrons. The normalized spacial score (nSPS) is 14.1. The molecule has 27 heavy (non-hydrogen) atoms. The summed E-state index contributed by atoms with van der Waals surface area (Å²) in [6.45, 7) is 0. The fraction of sp³-hybridized carbons (Fsp3) is 0. The molecule has 0 spiro atoms. The maximum Gasteiger partial charge on any atom is 0.213 e. The molecule has 0 unspecified atom stereocenters. The number of nitrogens with one attached hydrogen (secondary N) is 2. The lowest BCUT2D eigenvalue weighted by Gasteiger charge is -2.27. The number of para-hydroxylation sites is 1. The van der Waals surface area contributed by atoms with Gasteiger partial charge in [0, 0.05) is 11.8 Å². The Labute approximate surface area is 159 Å². The summed E-state index contributed by atoms with van der Waals surface area (Å²) in [5.41, 5.74) is 13.6. The van der Waals surface area contributed by atoms with Crippen molar-refractivity contribution in [1.82, 2.24) is 15.9 Å². The van der Waals surface area contributed by atoms with E-state index in [9.17, 15) is 4.79 Å². The van der Waals surface area contributed by atoms with E-state index < -0.39 is 0 Å². The van der Waals surface area contributed by atoms with Crippen molar-refractivity contribution in [2.24, 2.45) is 5.10 Å². The van der Waals surface area contributed by atoms with Gasteiger partial charge in [0.1, 0.15) is 11.1 Å². The SMILES string of the molecule is Nc1oc2ccccc2c(=O)c1/C=N/N1C(=S)NNC=C1c1ccccc1. The number of anilines is 1. The maximum atomic E-state index is 12.7. The minimum Gasteiger partial charge on any atom is -0.440 e. The monoisotopic (exact) mass is 377 g/mol. The van der Waals surface area contributed by atoms with Crippen LogP contribution in [0, 0.1) is 0 Å². The molecule has 0 radical (unpaired) electrons. The summed E-state index contributed by atoms with van der Waals surface area (Å²) in [5.74, 6) is 0.00158. The van der Waals surface area contributed by atoms with Gasteiger partial charge in [-0.05, 0) is 24.4 Å². The van der Waals surface area contributed by atoms with Crippen LogP contribution in [0.25, 0.3) is 16.7 Å². The number of benzene rings is 2. The third kappa shape index (κ3) is 3.13. The molecule has 1 aromatic heterocycles. The quantitative estimate of drug-likeness (QED) is 0.476. The molecule has 7 nitrogen and oxygen atoms in total. The minimum atomic E-state index is -0.252. The molecule has 4 rings (SSSR count). The van der Waals surface area contributed by atoms with E-state index in [0.29, 0.717) is 16.1 Å². The average molecular weight is 377 g/mol. The van der Waals surface area contributed by atoms with Crippen molar-refractivity contribution >= 4 is 46.1 Å². The summed E-state index contributed by atoms with van der Waals surface area (Å²) in [4.78, 5) is 12.7. The first-order chi connectivity index (χ1) is 13.1. The smallest absolute Gasteiger partial charge is 0.213 e. The number of nitrogen functional groups attached to an aromatic ring is 1. The van der Waals surface area contributed by atoms with Gasteiger partial charge in [-0.2, -0.15) is 5.10 Å². The summed E-state index contributed by atoms with van der Waals surface area (Å²) < 4.78 is 5.54. The lowest BCUT2D eigenvalue weighted by atomic mass is 10.1. The van der Waals surface area contributed by atoms with E-state index >= 15 is 0 Å². The summed E-state index contributed by atoms with van der Waals surface area (Å²) in [7, 11) is 0. The molecule has 1 aliphatic rings. The van der Waals surface area contributed by atoms with E-state index in [0.717, 1.165) is 11.3 Å². The molecule has 0 atom stereocenters. The number of fused-ring (bicyclic) bond motifs is 1. The predicted octanol–water partition coefficient (Wildman–Crippen LogP) is 2.40. The second-order valence-electron chi connectivity index (χ2n) is 5.73. The highest BCUT2D eigenvalue weighted by Gasteiger charge is 2.20. The van der Waals surface area contributed by atoms with Crippen molar-refractivity contribution in [3.8, 4) is 0 Å². The largest absolute Gasteiger partial charge is 0.440 e. The third-order valence-corrected chi connectivity index (χ3v) is 4.32. The fourth-order valence-corrected chi connectivity index (χ4v) is 2.93. The molecule has 0 amide bonds. The number of thiocarbonyl (C=S) groups is 1. The zero-order chi connectivity index (χ0) is 18.8. The number of hydrogen-bond donors (Lipinski definition) is 3. The van der Waals surface area contributed by atoms with Crippen LogP contribution in [0.3, 0.4) is 0 Å². The second-order valence-corrected chi connectivity index (χ2v) is 6.12. The van der Waals surface area contributed by atoms with Gasteiger partial charge in [0.15, 0.2) is 0 Å². The highest BCUT2D eigenvalue weighted by molar-refractivity contribution is 7.80. The molecule has 2 aromatic carbocycles. The Hall–Kier alpha value is -3.65. The van der Waals surface area contributed by atoms with Crippen molar-refractivity contribution in [3.05, 3.63) is 82.1 Å². The second kappa shape index (κ2) is 6.93. The number of hydrazone groups is 1. The lowest BCUT2D eigenvalue weighted by molar-refractivity contribution is 0.567. The van der Waals surface area contributed by atoms with Crippen molar-refractivity contribution in [2.75, 3.05) is 5.73 Å². The molecule has 0 aliphatic carbocycles. The minimum absolute atomic E-state index is 0.00158. The van der Waals surface area contributed by atoms with Crippen LogP contribution in [0.5, 0.6) is 0 Å². The molecule has 3 aromatic rings. The number of hydrazine groups is 1. The maximum absolute atomic E-state index is 12.7. The van der Waals surface area contributed by atoms with E-state index in [1.807, 2.05) is 30.3 Å². The van der Waals surface area contributed by atoms with Crippen LogP contribution in [-0.4, -0.2) is 16.3 Å². The van der Waals surface area contributed by atoms with Crippen molar-refractivity contribution in [3.63, 3.8) is 0 Å². The van der Waals surface area contributed by atoms with E-state index in [1.54, 1.807) is 30.5 Å². The highest BCUT2D eigenvalue weighted by atomic mass is 32.1. The third-order valence-electron chi connectivity index (χ3n) is 4.04. The summed E-state index contributed by atoms with van der Waals surface area (Å²) in [5, 5.41) is 6.65. The first-order valence-corrected chi connectivity index (χ1v) is 8.52. The Morgan fingerprint density at radius 1 is 1.11 bits per heavy atom. The molecule has 8 heteroatoms. The van der Waals surface area contributed by atoms with E-state index in [2.05, 4.69) is 16.0 Å². The fourth-order valence-electron chi connectivity index (χ4n) is 2.73. The first kappa shape index (κ1) is 16.8. The molecule has 0 saturated heterocycles. The van der Waals surface area contributed by atoms with E-state index in [4.69, 9.17) is 22.4 Å². The molecular weight excluding hydrogens is 362 g/mol. The van der Waals surface area contributed by atoms with E-state index in [-0.39, 0.29) is 16.9 Å². The van der Waals surface area contributed by atoms with Gasteiger partial charge in [-0.1, -0.05) is 42.5 Å². The molecule has 0 saturated carbocycles. The number of nitrogens with zero attached hydrogens (tertiary/aromatic N) is 2. The van der Waals surface area contributed by atoms with E-state index in [1.165, 1.54) is 11.2 Å². The van der Waals surface area contributed by atoms with Gasteiger partial charge in [0.25, 0.3) is 0 Å². The Bertz CT molecular complexity index is 1140. The first-order valence-electron chi connectivity index (χ1n) is 8.11. The standard InChI is InChI=1S/C19H15N5O2S/c20-18-14(17(25)13-8-4-5-9-16(13)26-18)10-22-24-15(11-21-23-19(24)27)12-6-2-1-3-7-12/h1-11,21H,20H2,(H,23,27)/b22-10+. The van der Waals surface area contributed by atoms with Crippen LogP contribution in [0.1, 0.15) is 11.1 Å². The summed E-state index contributed by atoms with van der Waals surface area (Å²) in [6.07, 6.45) is 3.10. The molecule has 4 N–H and O–H groups in total. The van der Waals surface area contributed by atoms with Gasteiger partial charge >= 0.3 is 0 Å². The van der Waals surface area contributed by atoms with Gasteiger partial charge in [-0.25, -0.2) is 5.01 Å². The van der Waals surface area contributed by atoms with Crippen LogP contribution in [0.2, 0.25) is 0 Å². The number of rotatable bonds is 3. The van der Waals surface area contributed by atoms with Gasteiger partial charge in [0.2, 0.25) is 16.4 Å². The van der Waals surface area contributed by atoms with Crippen LogP contribution in [0.4, 0.5) is 5.88 Å². The van der Waals surface area contributed by atoms with Crippen LogP contribution < -0.4 is 22.0 Å². The average Bonchev–Trinajstić information content (AvgIpc) is 2.69. The van der Waals surface area contributed by atoms with Gasteiger partial charge in [0.05, 0.1) is 17.3 Å². The van der Waals surface area contributed by atoms with Crippen LogP contribution in [0.15, 0.2) is 75.1 Å². The molecule has 0 bridgehead atoms. The number of nitrogens with two attached hydrogens (primary N) is 1.